The zero-order valence-electron chi connectivity index (χ0n) is 18.9. The third kappa shape index (κ3) is 4.90. The Morgan fingerprint density at radius 1 is 1.12 bits per heavy atom. The SMILES string of the molecule is CC1CCCC(N(Cc2c(F)cccc2Cl)C(=O)C2CCN(c3ncccn3)CC2)C1C. The number of amides is 1. The number of hydrogen-bond donors (Lipinski definition) is 0. The molecule has 7 heteroatoms. The molecular formula is C25H32ClFN4O. The molecule has 1 aliphatic heterocycles. The van der Waals surface area contributed by atoms with Gasteiger partial charge in [-0.1, -0.05) is 44.4 Å². The highest BCUT2D eigenvalue weighted by atomic mass is 35.5. The lowest BCUT2D eigenvalue weighted by Crippen LogP contribution is -2.50. The molecule has 32 heavy (non-hydrogen) atoms. The first kappa shape index (κ1) is 23.0. The molecular weight excluding hydrogens is 427 g/mol. The summed E-state index contributed by atoms with van der Waals surface area (Å²) in [7, 11) is 0. The number of hydrogen-bond acceptors (Lipinski definition) is 4. The summed E-state index contributed by atoms with van der Waals surface area (Å²) >= 11 is 6.36. The van der Waals surface area contributed by atoms with E-state index in [9.17, 15) is 9.18 Å². The van der Waals surface area contributed by atoms with E-state index < -0.39 is 0 Å². The number of aromatic nitrogens is 2. The summed E-state index contributed by atoms with van der Waals surface area (Å²) in [5.74, 6) is 1.33. The van der Waals surface area contributed by atoms with Gasteiger partial charge in [0.2, 0.25) is 11.9 Å². The second-order valence-corrected chi connectivity index (χ2v) is 9.72. The third-order valence-electron chi connectivity index (χ3n) is 7.42. The fraction of sp³-hybridized carbons (Fsp3) is 0.560. The van der Waals surface area contributed by atoms with Gasteiger partial charge in [-0.25, -0.2) is 14.4 Å². The quantitative estimate of drug-likeness (QED) is 0.606. The fourth-order valence-corrected chi connectivity index (χ4v) is 5.44. The lowest BCUT2D eigenvalue weighted by Gasteiger charge is -2.44. The molecule has 5 nitrogen and oxygen atoms in total. The lowest BCUT2D eigenvalue weighted by molar-refractivity contribution is -0.142. The molecule has 3 unspecified atom stereocenters. The van der Waals surface area contributed by atoms with Crippen molar-refractivity contribution in [2.75, 3.05) is 18.0 Å². The van der Waals surface area contributed by atoms with Crippen LogP contribution in [0.2, 0.25) is 5.02 Å². The smallest absolute Gasteiger partial charge is 0.226 e. The van der Waals surface area contributed by atoms with E-state index in [4.69, 9.17) is 11.6 Å². The van der Waals surface area contributed by atoms with Gasteiger partial charge in [-0.2, -0.15) is 0 Å². The van der Waals surface area contributed by atoms with Gasteiger partial charge in [0.1, 0.15) is 5.82 Å². The van der Waals surface area contributed by atoms with Crippen LogP contribution in [-0.4, -0.2) is 39.9 Å². The highest BCUT2D eigenvalue weighted by Crippen LogP contribution is 2.36. The Morgan fingerprint density at radius 3 is 2.53 bits per heavy atom. The molecule has 1 saturated carbocycles. The molecule has 1 amide bonds. The van der Waals surface area contributed by atoms with Crippen molar-refractivity contribution in [3.05, 3.63) is 53.1 Å². The number of nitrogens with zero attached hydrogens (tertiary/aromatic N) is 4. The summed E-state index contributed by atoms with van der Waals surface area (Å²) in [4.78, 5) is 26.6. The lowest BCUT2D eigenvalue weighted by atomic mass is 9.76. The standard InChI is InChI=1S/C25H32ClFN4O/c1-17-6-3-9-23(18(17)2)31(16-20-21(26)7-4-8-22(20)27)24(32)19-10-14-30(15-11-19)25-28-12-5-13-29-25/h4-5,7-8,12-13,17-19,23H,3,6,9-11,14-16H2,1-2H3. The Hall–Kier alpha value is -2.21. The van der Waals surface area contributed by atoms with Crippen molar-refractivity contribution in [2.45, 2.75) is 58.5 Å². The van der Waals surface area contributed by atoms with Crippen LogP contribution in [0.1, 0.15) is 51.5 Å². The highest BCUT2D eigenvalue weighted by Gasteiger charge is 2.38. The molecule has 1 aromatic carbocycles. The van der Waals surface area contributed by atoms with Crippen LogP contribution in [0.4, 0.5) is 10.3 Å². The predicted molar refractivity (Wildman–Crippen MR) is 125 cm³/mol. The van der Waals surface area contributed by atoms with Crippen molar-refractivity contribution in [2.24, 2.45) is 17.8 Å². The Balaban J connectivity index is 1.53. The van der Waals surface area contributed by atoms with Crippen molar-refractivity contribution in [3.63, 3.8) is 0 Å². The van der Waals surface area contributed by atoms with E-state index in [1.165, 1.54) is 12.5 Å². The molecule has 4 rings (SSSR count). The predicted octanol–water partition coefficient (Wildman–Crippen LogP) is 5.34. The normalized spacial score (nSPS) is 24.4. The first-order chi connectivity index (χ1) is 15.5. The summed E-state index contributed by atoms with van der Waals surface area (Å²) in [5, 5.41) is 0.385. The molecule has 2 aromatic rings. The number of anilines is 1. The van der Waals surface area contributed by atoms with Crippen LogP contribution in [-0.2, 0) is 11.3 Å². The van der Waals surface area contributed by atoms with Crippen LogP contribution in [0.25, 0.3) is 0 Å². The Morgan fingerprint density at radius 2 is 1.84 bits per heavy atom. The van der Waals surface area contributed by atoms with Gasteiger partial charge in [-0.15, -0.1) is 0 Å². The third-order valence-corrected chi connectivity index (χ3v) is 7.77. The van der Waals surface area contributed by atoms with E-state index in [1.807, 2.05) is 4.90 Å². The molecule has 0 radical (unpaired) electrons. The largest absolute Gasteiger partial charge is 0.341 e. The minimum atomic E-state index is -0.345. The van der Waals surface area contributed by atoms with Crippen LogP contribution in [0.5, 0.6) is 0 Å². The first-order valence-corrected chi connectivity index (χ1v) is 12.1. The topological polar surface area (TPSA) is 49.3 Å². The van der Waals surface area contributed by atoms with Gasteiger partial charge in [-0.05, 0) is 49.3 Å². The maximum Gasteiger partial charge on any atom is 0.226 e. The van der Waals surface area contributed by atoms with Crippen molar-refractivity contribution in [1.29, 1.82) is 0 Å². The number of piperidine rings is 1. The summed E-state index contributed by atoms with van der Waals surface area (Å²) in [6.07, 6.45) is 8.20. The van der Waals surface area contributed by atoms with Crippen LogP contribution >= 0.6 is 11.6 Å². The Bertz CT molecular complexity index is 899. The monoisotopic (exact) mass is 458 g/mol. The summed E-state index contributed by atoms with van der Waals surface area (Å²) in [6, 6.07) is 6.65. The second kappa shape index (κ2) is 10.2. The number of carbonyl (C=O) groups excluding carboxylic acids is 1. The van der Waals surface area contributed by atoms with E-state index in [2.05, 4.69) is 28.7 Å². The summed E-state index contributed by atoms with van der Waals surface area (Å²) < 4.78 is 14.7. The fourth-order valence-electron chi connectivity index (χ4n) is 5.22. The zero-order chi connectivity index (χ0) is 22.7. The minimum absolute atomic E-state index is 0.0788. The van der Waals surface area contributed by atoms with Crippen LogP contribution in [0.15, 0.2) is 36.7 Å². The maximum atomic E-state index is 14.7. The highest BCUT2D eigenvalue weighted by molar-refractivity contribution is 6.31. The molecule has 3 atom stereocenters. The first-order valence-electron chi connectivity index (χ1n) is 11.7. The molecule has 0 bridgehead atoms. The molecule has 1 aliphatic carbocycles. The average Bonchev–Trinajstić information content (AvgIpc) is 2.81. The second-order valence-electron chi connectivity index (χ2n) is 9.31. The van der Waals surface area contributed by atoms with E-state index in [1.54, 1.807) is 30.6 Å². The minimum Gasteiger partial charge on any atom is -0.341 e. The van der Waals surface area contributed by atoms with Gasteiger partial charge in [0, 0.05) is 48.0 Å². The van der Waals surface area contributed by atoms with Crippen molar-refractivity contribution in [3.8, 4) is 0 Å². The van der Waals surface area contributed by atoms with Gasteiger partial charge in [-0.3, -0.25) is 4.79 Å². The Kier molecular flexibility index (Phi) is 7.29. The number of benzene rings is 1. The zero-order valence-corrected chi connectivity index (χ0v) is 19.6. The van der Waals surface area contributed by atoms with Gasteiger partial charge in [0.15, 0.2) is 0 Å². The van der Waals surface area contributed by atoms with Crippen molar-refractivity contribution >= 4 is 23.5 Å². The van der Waals surface area contributed by atoms with Gasteiger partial charge in [0.25, 0.3) is 0 Å². The van der Waals surface area contributed by atoms with Gasteiger partial charge in [0.05, 0.1) is 6.54 Å². The molecule has 2 aliphatic rings. The van der Waals surface area contributed by atoms with Gasteiger partial charge < -0.3 is 9.80 Å². The summed E-state index contributed by atoms with van der Waals surface area (Å²) in [6.45, 7) is 6.20. The molecule has 172 valence electrons. The molecule has 2 heterocycles. The van der Waals surface area contributed by atoms with E-state index >= 15 is 0 Å². The average molecular weight is 459 g/mol. The number of rotatable bonds is 5. The molecule has 0 spiro atoms. The van der Waals surface area contributed by atoms with Gasteiger partial charge >= 0.3 is 0 Å². The van der Waals surface area contributed by atoms with E-state index in [0.717, 1.165) is 38.8 Å². The summed E-state index contributed by atoms with van der Waals surface area (Å²) in [5.41, 5.74) is 0.420. The number of carbonyl (C=O) groups is 1. The molecule has 1 aromatic heterocycles. The maximum absolute atomic E-state index is 14.7. The molecule has 0 N–H and O–H groups in total. The number of halogens is 2. The molecule has 1 saturated heterocycles. The van der Waals surface area contributed by atoms with E-state index in [0.29, 0.717) is 28.4 Å². The van der Waals surface area contributed by atoms with Crippen molar-refractivity contribution in [1.82, 2.24) is 14.9 Å². The Labute approximate surface area is 195 Å². The van der Waals surface area contributed by atoms with Crippen LogP contribution in [0, 0.1) is 23.6 Å². The van der Waals surface area contributed by atoms with Crippen LogP contribution < -0.4 is 4.90 Å². The van der Waals surface area contributed by atoms with E-state index in [-0.39, 0.29) is 30.2 Å². The molecule has 2 fully saturated rings. The van der Waals surface area contributed by atoms with Crippen molar-refractivity contribution < 1.29 is 9.18 Å². The van der Waals surface area contributed by atoms with Crippen LogP contribution in [0.3, 0.4) is 0 Å².